The predicted octanol–water partition coefficient (Wildman–Crippen LogP) is 2.13. The number of fused-ring (bicyclic) bond motifs is 1. The van der Waals surface area contributed by atoms with Crippen molar-refractivity contribution < 1.29 is 0 Å². The molecule has 10 heavy (non-hydrogen) atoms. The number of nitrogens with zero attached hydrogens (tertiary/aromatic N) is 1. The minimum Gasteiger partial charge on any atom is -0.277 e. The summed E-state index contributed by atoms with van der Waals surface area (Å²) in [5.74, 6) is 0. The number of rotatable bonds is 0. The summed E-state index contributed by atoms with van der Waals surface area (Å²) < 4.78 is 1.00. The van der Waals surface area contributed by atoms with Crippen molar-refractivity contribution in [2.75, 3.05) is 0 Å². The molecule has 1 aromatic carbocycles. The first kappa shape index (κ1) is 5.92. The van der Waals surface area contributed by atoms with Crippen molar-refractivity contribution >= 4 is 26.8 Å². The Kier molecular flexibility index (Phi) is 1.24. The van der Waals surface area contributed by atoms with Gasteiger partial charge in [-0.05, 0) is 34.1 Å². The van der Waals surface area contributed by atoms with E-state index < -0.39 is 0 Å². The largest absolute Gasteiger partial charge is 0.277 e. The number of hydrogen-bond acceptors (Lipinski definition) is 1. The Morgan fingerprint density at radius 3 is 3.20 bits per heavy atom. The molecule has 0 aliphatic carbocycles. The Morgan fingerprint density at radius 2 is 2.40 bits per heavy atom. The second-order valence-electron chi connectivity index (χ2n) is 2.00. The molecule has 1 radical (unpaired) electrons. The monoisotopic (exact) mass is 195 g/mol. The molecule has 0 unspecified atom stereocenters. The molecule has 2 rings (SSSR count). The molecular weight excluding hydrogens is 192 g/mol. The molecule has 1 heterocycles. The van der Waals surface area contributed by atoms with Crippen molar-refractivity contribution in [3.05, 3.63) is 28.9 Å². The van der Waals surface area contributed by atoms with E-state index in [-0.39, 0.29) is 0 Å². The molecule has 3 heteroatoms. The Labute approximate surface area is 66.4 Å². The maximum absolute atomic E-state index is 3.89. The highest BCUT2D eigenvalue weighted by Crippen LogP contribution is 2.19. The molecule has 0 aliphatic heterocycles. The molecule has 49 valence electrons. The van der Waals surface area contributed by atoms with Crippen LogP contribution in [0.25, 0.3) is 10.9 Å². The minimum absolute atomic E-state index is 1.00. The van der Waals surface area contributed by atoms with Gasteiger partial charge in [-0.3, -0.25) is 5.10 Å². The van der Waals surface area contributed by atoms with Gasteiger partial charge in [0.2, 0.25) is 0 Å². The van der Waals surface area contributed by atoms with E-state index in [1.165, 1.54) is 0 Å². The van der Waals surface area contributed by atoms with Gasteiger partial charge in [-0.1, -0.05) is 0 Å². The van der Waals surface area contributed by atoms with Gasteiger partial charge in [0.05, 0.1) is 11.7 Å². The third-order valence-corrected chi connectivity index (χ3v) is 1.98. The van der Waals surface area contributed by atoms with Crippen molar-refractivity contribution in [3.63, 3.8) is 0 Å². The predicted molar refractivity (Wildman–Crippen MR) is 42.6 cm³/mol. The lowest BCUT2D eigenvalue weighted by atomic mass is 10.3. The zero-order chi connectivity index (χ0) is 6.97. The van der Waals surface area contributed by atoms with Crippen LogP contribution in [0.4, 0.5) is 0 Å². The zero-order valence-electron chi connectivity index (χ0n) is 5.06. The van der Waals surface area contributed by atoms with Crippen LogP contribution < -0.4 is 0 Å². The fourth-order valence-corrected chi connectivity index (χ4v) is 1.32. The van der Waals surface area contributed by atoms with Crippen LogP contribution in [0.2, 0.25) is 0 Å². The van der Waals surface area contributed by atoms with E-state index in [1.54, 1.807) is 6.20 Å². The standard InChI is InChI=1S/C7H4BrN2/c8-6-3-1-2-5-4-9-10-7(5)6/h2-4H,(H,9,10). The third-order valence-electron chi connectivity index (χ3n) is 1.36. The van der Waals surface area contributed by atoms with Crippen LogP contribution in [0, 0.1) is 6.07 Å². The van der Waals surface area contributed by atoms with Gasteiger partial charge < -0.3 is 0 Å². The molecule has 1 aromatic heterocycles. The molecule has 1 N–H and O–H groups in total. The molecule has 2 aromatic rings. The van der Waals surface area contributed by atoms with Gasteiger partial charge >= 0.3 is 0 Å². The lowest BCUT2D eigenvalue weighted by molar-refractivity contribution is 1.12. The highest BCUT2D eigenvalue weighted by molar-refractivity contribution is 9.10. The lowest BCUT2D eigenvalue weighted by Gasteiger charge is -1.88. The number of aromatic amines is 1. The summed E-state index contributed by atoms with van der Waals surface area (Å²) in [6.45, 7) is 0. The fraction of sp³-hybridized carbons (Fsp3) is 0. The van der Waals surface area contributed by atoms with Gasteiger partial charge in [0.1, 0.15) is 0 Å². The van der Waals surface area contributed by atoms with E-state index in [0.29, 0.717) is 0 Å². The molecule has 0 fully saturated rings. The maximum Gasteiger partial charge on any atom is 0.0792 e. The molecule has 0 spiro atoms. The average Bonchev–Trinajstić information content (AvgIpc) is 2.36. The van der Waals surface area contributed by atoms with Gasteiger partial charge in [0.15, 0.2) is 0 Å². The van der Waals surface area contributed by atoms with Gasteiger partial charge in [0.25, 0.3) is 0 Å². The Hall–Kier alpha value is -0.830. The summed E-state index contributed by atoms with van der Waals surface area (Å²) in [4.78, 5) is 0. The van der Waals surface area contributed by atoms with Gasteiger partial charge in [-0.25, -0.2) is 0 Å². The van der Waals surface area contributed by atoms with Gasteiger partial charge in [-0.15, -0.1) is 0 Å². The van der Waals surface area contributed by atoms with E-state index in [9.17, 15) is 0 Å². The average molecular weight is 196 g/mol. The van der Waals surface area contributed by atoms with Gasteiger partial charge in [-0.2, -0.15) is 5.10 Å². The van der Waals surface area contributed by atoms with Crippen molar-refractivity contribution in [1.82, 2.24) is 10.2 Å². The number of hydrogen-bond donors (Lipinski definition) is 1. The quantitative estimate of drug-likeness (QED) is 0.686. The number of aromatic nitrogens is 2. The SMILES string of the molecule is Brc1c[c]cc2cn[nH]c12. The van der Waals surface area contributed by atoms with Crippen LogP contribution in [0.3, 0.4) is 0 Å². The second-order valence-corrected chi connectivity index (χ2v) is 2.86. The first-order valence-electron chi connectivity index (χ1n) is 2.86. The molecule has 2 nitrogen and oxygen atoms in total. The summed E-state index contributed by atoms with van der Waals surface area (Å²) in [5.41, 5.74) is 1.03. The molecule has 0 saturated heterocycles. The van der Waals surface area contributed by atoms with Crippen molar-refractivity contribution in [2.45, 2.75) is 0 Å². The van der Waals surface area contributed by atoms with E-state index >= 15 is 0 Å². The zero-order valence-corrected chi connectivity index (χ0v) is 6.64. The van der Waals surface area contributed by atoms with Crippen molar-refractivity contribution in [2.24, 2.45) is 0 Å². The third kappa shape index (κ3) is 0.743. The van der Waals surface area contributed by atoms with Crippen LogP contribution in [-0.2, 0) is 0 Å². The van der Waals surface area contributed by atoms with Crippen LogP contribution in [0.15, 0.2) is 22.8 Å². The van der Waals surface area contributed by atoms with E-state index in [4.69, 9.17) is 0 Å². The Balaban J connectivity index is 2.95. The van der Waals surface area contributed by atoms with E-state index in [0.717, 1.165) is 15.4 Å². The Bertz CT molecular complexity index is 353. The molecular formula is C7H4BrN2. The van der Waals surface area contributed by atoms with Crippen LogP contribution in [-0.4, -0.2) is 10.2 Å². The summed E-state index contributed by atoms with van der Waals surface area (Å²) in [6.07, 6.45) is 1.77. The normalized spacial score (nSPS) is 10.5. The number of H-pyrrole nitrogens is 1. The second kappa shape index (κ2) is 2.09. The van der Waals surface area contributed by atoms with Crippen LogP contribution in [0.5, 0.6) is 0 Å². The number of nitrogens with one attached hydrogen (secondary N) is 1. The van der Waals surface area contributed by atoms with Crippen molar-refractivity contribution in [1.29, 1.82) is 0 Å². The first-order chi connectivity index (χ1) is 4.88. The smallest absolute Gasteiger partial charge is 0.0792 e. The van der Waals surface area contributed by atoms with E-state index in [1.807, 2.05) is 12.1 Å². The summed E-state index contributed by atoms with van der Waals surface area (Å²) in [5, 5.41) is 7.84. The fourth-order valence-electron chi connectivity index (χ4n) is 0.873. The lowest BCUT2D eigenvalue weighted by Crippen LogP contribution is -1.69. The summed E-state index contributed by atoms with van der Waals surface area (Å²) in [6, 6.07) is 6.74. The summed E-state index contributed by atoms with van der Waals surface area (Å²) in [7, 11) is 0. The van der Waals surface area contributed by atoms with E-state index in [2.05, 4.69) is 32.2 Å². The number of halogens is 1. The molecule has 0 bridgehead atoms. The van der Waals surface area contributed by atoms with Crippen LogP contribution in [0.1, 0.15) is 0 Å². The highest BCUT2D eigenvalue weighted by atomic mass is 79.9. The summed E-state index contributed by atoms with van der Waals surface area (Å²) >= 11 is 3.37. The van der Waals surface area contributed by atoms with Crippen LogP contribution >= 0.6 is 15.9 Å². The molecule has 0 amide bonds. The topological polar surface area (TPSA) is 28.7 Å². The van der Waals surface area contributed by atoms with Gasteiger partial charge in [0, 0.05) is 9.86 Å². The maximum atomic E-state index is 3.89. The highest BCUT2D eigenvalue weighted by Gasteiger charge is 1.96. The molecule has 0 aliphatic rings. The van der Waals surface area contributed by atoms with Crippen molar-refractivity contribution in [3.8, 4) is 0 Å². The molecule has 0 saturated carbocycles. The number of benzene rings is 1. The minimum atomic E-state index is 1.00. The molecule has 0 atom stereocenters. The Morgan fingerprint density at radius 1 is 1.50 bits per heavy atom. The first-order valence-corrected chi connectivity index (χ1v) is 3.66.